The lowest BCUT2D eigenvalue weighted by atomic mass is 10.1. The summed E-state index contributed by atoms with van der Waals surface area (Å²) in [5, 5.41) is 20.3. The molecule has 10 heteroatoms. The SMILES string of the molecule is O=C(/C=C/c1ccc([N+](=O)[O-])cc1)c1ccc(Nc2nc(Nc3ccccc3)nc(Nc3ccccc3)n2)cc1. The van der Waals surface area contributed by atoms with E-state index in [1.165, 1.54) is 18.2 Å². The minimum Gasteiger partial charge on any atom is -0.324 e. The van der Waals surface area contributed by atoms with E-state index in [0.29, 0.717) is 34.7 Å². The number of carbonyl (C=O) groups excluding carboxylic acids is 1. The van der Waals surface area contributed by atoms with Gasteiger partial charge in [-0.25, -0.2) is 0 Å². The summed E-state index contributed by atoms with van der Waals surface area (Å²) in [4.78, 5) is 36.5. The summed E-state index contributed by atoms with van der Waals surface area (Å²) < 4.78 is 0. The lowest BCUT2D eigenvalue weighted by Crippen LogP contribution is -2.07. The van der Waals surface area contributed by atoms with Gasteiger partial charge in [0.25, 0.3) is 5.69 Å². The molecule has 1 heterocycles. The van der Waals surface area contributed by atoms with Crippen LogP contribution < -0.4 is 16.0 Å². The molecule has 5 aromatic rings. The van der Waals surface area contributed by atoms with Crippen LogP contribution in [0.5, 0.6) is 0 Å². The van der Waals surface area contributed by atoms with Crippen molar-refractivity contribution in [2.45, 2.75) is 0 Å². The molecule has 3 N–H and O–H groups in total. The van der Waals surface area contributed by atoms with Gasteiger partial charge in [0.05, 0.1) is 4.92 Å². The molecule has 4 aromatic carbocycles. The number of hydrogen-bond acceptors (Lipinski definition) is 9. The largest absolute Gasteiger partial charge is 0.324 e. The van der Waals surface area contributed by atoms with Gasteiger partial charge in [-0.2, -0.15) is 15.0 Å². The summed E-state index contributed by atoms with van der Waals surface area (Å²) in [5.41, 5.74) is 3.50. The fourth-order valence-electron chi connectivity index (χ4n) is 3.67. The quantitative estimate of drug-likeness (QED) is 0.0763. The first-order valence-corrected chi connectivity index (χ1v) is 12.3. The lowest BCUT2D eigenvalue weighted by molar-refractivity contribution is -0.384. The fraction of sp³-hybridized carbons (Fsp3) is 0. The molecule has 40 heavy (non-hydrogen) atoms. The van der Waals surface area contributed by atoms with Crippen molar-refractivity contribution in [1.82, 2.24) is 15.0 Å². The number of hydrogen-bond donors (Lipinski definition) is 3. The van der Waals surface area contributed by atoms with Crippen LogP contribution >= 0.6 is 0 Å². The number of ketones is 1. The molecule has 0 radical (unpaired) electrons. The van der Waals surface area contributed by atoms with Crippen molar-refractivity contribution in [1.29, 1.82) is 0 Å². The number of nitro groups is 1. The average Bonchev–Trinajstić information content (AvgIpc) is 2.97. The standard InChI is InChI=1S/C30H23N7O3/c38-27(20-13-21-11-18-26(19-12-21)37(39)40)22-14-16-25(17-15-22)33-30-35-28(31-23-7-3-1-4-8-23)34-29(36-30)32-24-9-5-2-6-10-24/h1-20H,(H3,31,32,33,34,35,36)/b20-13+. The zero-order chi connectivity index (χ0) is 27.7. The number of benzene rings is 4. The number of nitrogens with zero attached hydrogens (tertiary/aromatic N) is 4. The first-order chi connectivity index (χ1) is 19.5. The zero-order valence-electron chi connectivity index (χ0n) is 21.1. The van der Waals surface area contributed by atoms with Crippen molar-refractivity contribution in [2.75, 3.05) is 16.0 Å². The van der Waals surface area contributed by atoms with Gasteiger partial charge in [-0.1, -0.05) is 42.5 Å². The molecule has 5 rings (SSSR count). The van der Waals surface area contributed by atoms with Gasteiger partial charge >= 0.3 is 0 Å². The van der Waals surface area contributed by atoms with E-state index in [2.05, 4.69) is 30.9 Å². The maximum absolute atomic E-state index is 12.6. The van der Waals surface area contributed by atoms with Crippen molar-refractivity contribution in [3.63, 3.8) is 0 Å². The zero-order valence-corrected chi connectivity index (χ0v) is 21.1. The van der Waals surface area contributed by atoms with Crippen molar-refractivity contribution < 1.29 is 9.72 Å². The van der Waals surface area contributed by atoms with E-state index in [1.807, 2.05) is 60.7 Å². The van der Waals surface area contributed by atoms with Crippen LogP contribution in [0.25, 0.3) is 6.08 Å². The molecule has 0 atom stereocenters. The summed E-state index contributed by atoms with van der Waals surface area (Å²) in [6, 6.07) is 32.0. The second-order valence-corrected chi connectivity index (χ2v) is 8.54. The minimum atomic E-state index is -0.466. The number of carbonyl (C=O) groups is 1. The van der Waals surface area contributed by atoms with Crippen molar-refractivity contribution in [3.8, 4) is 0 Å². The molecule has 10 nitrogen and oxygen atoms in total. The smallest absolute Gasteiger partial charge is 0.269 e. The summed E-state index contributed by atoms with van der Waals surface area (Å²) in [6.07, 6.45) is 3.05. The fourth-order valence-corrected chi connectivity index (χ4v) is 3.67. The minimum absolute atomic E-state index is 0.00400. The molecule has 0 saturated carbocycles. The molecule has 0 aliphatic heterocycles. The third-order valence-electron chi connectivity index (χ3n) is 5.65. The van der Waals surface area contributed by atoms with E-state index in [9.17, 15) is 14.9 Å². The number of rotatable bonds is 10. The molecule has 0 bridgehead atoms. The van der Waals surface area contributed by atoms with Crippen molar-refractivity contribution in [3.05, 3.63) is 137 Å². The van der Waals surface area contributed by atoms with Crippen LogP contribution in [0.1, 0.15) is 15.9 Å². The molecule has 0 amide bonds. The van der Waals surface area contributed by atoms with Gasteiger partial charge in [-0.05, 0) is 72.3 Å². The molecular formula is C30H23N7O3. The van der Waals surface area contributed by atoms with Crippen molar-refractivity contribution >= 4 is 52.5 Å². The van der Waals surface area contributed by atoms with Crippen LogP contribution in [0.2, 0.25) is 0 Å². The Bertz CT molecular complexity index is 1580. The number of nitro benzene ring substituents is 1. The molecule has 196 valence electrons. The Labute approximate surface area is 229 Å². The predicted molar refractivity (Wildman–Crippen MR) is 155 cm³/mol. The number of allylic oxidation sites excluding steroid dienone is 1. The monoisotopic (exact) mass is 529 g/mol. The summed E-state index contributed by atoms with van der Waals surface area (Å²) in [5.74, 6) is 0.813. The molecule has 0 unspecified atom stereocenters. The highest BCUT2D eigenvalue weighted by Gasteiger charge is 2.09. The average molecular weight is 530 g/mol. The Hall–Kier alpha value is -5.90. The number of non-ortho nitro benzene ring substituents is 1. The molecular weight excluding hydrogens is 506 g/mol. The summed E-state index contributed by atoms with van der Waals surface area (Å²) in [6.45, 7) is 0. The highest BCUT2D eigenvalue weighted by molar-refractivity contribution is 6.07. The number of anilines is 6. The predicted octanol–water partition coefficient (Wildman–Crippen LogP) is 6.91. The van der Waals surface area contributed by atoms with E-state index < -0.39 is 4.92 Å². The second kappa shape index (κ2) is 12.1. The number of para-hydroxylation sites is 2. The third-order valence-corrected chi connectivity index (χ3v) is 5.65. The van der Waals surface area contributed by atoms with E-state index in [-0.39, 0.29) is 11.5 Å². The molecule has 0 saturated heterocycles. The van der Waals surface area contributed by atoms with Crippen LogP contribution in [0.3, 0.4) is 0 Å². The van der Waals surface area contributed by atoms with Crippen LogP contribution in [0.15, 0.2) is 115 Å². The van der Waals surface area contributed by atoms with Gasteiger partial charge in [0.1, 0.15) is 0 Å². The van der Waals surface area contributed by atoms with Gasteiger partial charge in [0.2, 0.25) is 17.8 Å². The highest BCUT2D eigenvalue weighted by atomic mass is 16.6. The van der Waals surface area contributed by atoms with Crippen LogP contribution in [0.4, 0.5) is 40.6 Å². The lowest BCUT2D eigenvalue weighted by Gasteiger charge is -2.11. The van der Waals surface area contributed by atoms with Crippen LogP contribution in [-0.4, -0.2) is 25.7 Å². The Morgan fingerprint density at radius 3 is 1.52 bits per heavy atom. The Kier molecular flexibility index (Phi) is 7.78. The first-order valence-electron chi connectivity index (χ1n) is 12.3. The third kappa shape index (κ3) is 6.90. The topological polar surface area (TPSA) is 135 Å². The molecule has 1 aromatic heterocycles. The molecule has 0 aliphatic carbocycles. The van der Waals surface area contributed by atoms with Crippen molar-refractivity contribution in [2.24, 2.45) is 0 Å². The van der Waals surface area contributed by atoms with E-state index in [4.69, 9.17) is 0 Å². The van der Waals surface area contributed by atoms with E-state index in [1.54, 1.807) is 42.5 Å². The van der Waals surface area contributed by atoms with E-state index >= 15 is 0 Å². The Balaban J connectivity index is 1.31. The Morgan fingerprint density at radius 1 is 0.625 bits per heavy atom. The molecule has 0 aliphatic rings. The number of nitrogens with one attached hydrogen (secondary N) is 3. The van der Waals surface area contributed by atoms with Crippen LogP contribution in [-0.2, 0) is 0 Å². The van der Waals surface area contributed by atoms with Gasteiger partial charge in [-0.15, -0.1) is 0 Å². The maximum atomic E-state index is 12.6. The normalized spacial score (nSPS) is 10.7. The summed E-state index contributed by atoms with van der Waals surface area (Å²) in [7, 11) is 0. The molecule has 0 spiro atoms. The Morgan fingerprint density at radius 2 is 1.07 bits per heavy atom. The number of aromatic nitrogens is 3. The highest BCUT2D eigenvalue weighted by Crippen LogP contribution is 2.21. The van der Waals surface area contributed by atoms with Gasteiger partial charge in [0.15, 0.2) is 5.78 Å². The van der Waals surface area contributed by atoms with E-state index in [0.717, 1.165) is 11.4 Å². The van der Waals surface area contributed by atoms with Gasteiger partial charge in [-0.3, -0.25) is 14.9 Å². The van der Waals surface area contributed by atoms with Gasteiger partial charge in [0, 0.05) is 34.8 Å². The van der Waals surface area contributed by atoms with Crippen LogP contribution in [0, 0.1) is 10.1 Å². The van der Waals surface area contributed by atoms with Gasteiger partial charge < -0.3 is 16.0 Å². The summed E-state index contributed by atoms with van der Waals surface area (Å²) >= 11 is 0. The maximum Gasteiger partial charge on any atom is 0.269 e. The first kappa shape index (κ1) is 25.7. The molecule has 0 fully saturated rings. The second-order valence-electron chi connectivity index (χ2n) is 8.54.